The predicted molar refractivity (Wildman–Crippen MR) is 70.1 cm³/mol. The molecule has 0 bridgehead atoms. The first kappa shape index (κ1) is 11.3. The molecular formula is C10H13ClN2S2. The van der Waals surface area contributed by atoms with Crippen LogP contribution in [0.5, 0.6) is 0 Å². The third-order valence-corrected chi connectivity index (χ3v) is 4.55. The maximum Gasteiger partial charge on any atom is 0.157 e. The van der Waals surface area contributed by atoms with E-state index in [0.29, 0.717) is 6.04 Å². The molecule has 1 aromatic heterocycles. The number of aliphatic imine (C=N–C) groups is 1. The van der Waals surface area contributed by atoms with E-state index < -0.39 is 0 Å². The van der Waals surface area contributed by atoms with Crippen LogP contribution in [0.3, 0.4) is 0 Å². The number of hydrogen-bond acceptors (Lipinski definition) is 3. The standard InChI is InChI=1S/C10H13ClN2S2/c1-2-7-6-14-10(13-7)12-5-8-3-4-9(11)15-8/h3-4,7H,2,5-6H2,1H3,(H,12,13). The van der Waals surface area contributed by atoms with Gasteiger partial charge in [-0.3, -0.25) is 4.99 Å². The van der Waals surface area contributed by atoms with Gasteiger partial charge in [0, 0.05) is 16.7 Å². The summed E-state index contributed by atoms with van der Waals surface area (Å²) in [6, 6.07) is 4.56. The molecule has 1 atom stereocenters. The van der Waals surface area contributed by atoms with E-state index in [1.54, 1.807) is 11.3 Å². The van der Waals surface area contributed by atoms with Gasteiger partial charge in [-0.05, 0) is 18.6 Å². The molecule has 1 aliphatic rings. The molecule has 1 aromatic rings. The predicted octanol–water partition coefficient (Wildman–Crippen LogP) is 3.37. The SMILES string of the molecule is CCC1CSC(=NCc2ccc(Cl)s2)N1. The zero-order valence-corrected chi connectivity index (χ0v) is 10.9. The number of nitrogens with zero attached hydrogens (tertiary/aromatic N) is 1. The van der Waals surface area contributed by atoms with Crippen LogP contribution in [0.4, 0.5) is 0 Å². The summed E-state index contributed by atoms with van der Waals surface area (Å²) in [7, 11) is 0. The molecule has 1 fully saturated rings. The Kier molecular flexibility index (Phi) is 3.94. The van der Waals surface area contributed by atoms with Crippen molar-refractivity contribution in [2.75, 3.05) is 5.75 Å². The number of thiophene rings is 1. The van der Waals surface area contributed by atoms with Crippen molar-refractivity contribution in [3.05, 3.63) is 21.3 Å². The monoisotopic (exact) mass is 260 g/mol. The van der Waals surface area contributed by atoms with Crippen molar-refractivity contribution in [1.82, 2.24) is 5.32 Å². The molecule has 0 aromatic carbocycles. The van der Waals surface area contributed by atoms with Gasteiger partial charge in [-0.2, -0.15) is 0 Å². The lowest BCUT2D eigenvalue weighted by molar-refractivity contribution is 0.667. The minimum atomic E-state index is 0.598. The Balaban J connectivity index is 1.89. The summed E-state index contributed by atoms with van der Waals surface area (Å²) < 4.78 is 0.837. The largest absolute Gasteiger partial charge is 0.361 e. The molecule has 1 saturated heterocycles. The van der Waals surface area contributed by atoms with E-state index >= 15 is 0 Å². The summed E-state index contributed by atoms with van der Waals surface area (Å²) in [5, 5.41) is 4.48. The fraction of sp³-hybridized carbons (Fsp3) is 0.500. The molecule has 2 nitrogen and oxygen atoms in total. The highest BCUT2D eigenvalue weighted by molar-refractivity contribution is 8.14. The van der Waals surface area contributed by atoms with Crippen LogP contribution >= 0.6 is 34.7 Å². The molecule has 1 unspecified atom stereocenters. The number of thioether (sulfide) groups is 1. The van der Waals surface area contributed by atoms with Gasteiger partial charge < -0.3 is 5.32 Å². The molecule has 0 radical (unpaired) electrons. The molecule has 1 N–H and O–H groups in total. The summed E-state index contributed by atoms with van der Waals surface area (Å²) in [5.41, 5.74) is 0. The molecule has 0 amide bonds. The fourth-order valence-electron chi connectivity index (χ4n) is 1.34. The van der Waals surface area contributed by atoms with Crippen LogP contribution in [0.15, 0.2) is 17.1 Å². The summed E-state index contributed by atoms with van der Waals surface area (Å²) in [5.74, 6) is 1.14. The molecule has 82 valence electrons. The molecule has 2 heterocycles. The lowest BCUT2D eigenvalue weighted by Crippen LogP contribution is -2.25. The van der Waals surface area contributed by atoms with Crippen LogP contribution in [-0.2, 0) is 6.54 Å². The van der Waals surface area contributed by atoms with Gasteiger partial charge in [-0.15, -0.1) is 11.3 Å². The summed E-state index contributed by atoms with van der Waals surface area (Å²) in [6.07, 6.45) is 1.16. The molecule has 2 rings (SSSR count). The van der Waals surface area contributed by atoms with E-state index in [-0.39, 0.29) is 0 Å². The van der Waals surface area contributed by atoms with Gasteiger partial charge in [0.2, 0.25) is 0 Å². The van der Waals surface area contributed by atoms with Crippen LogP contribution in [0.25, 0.3) is 0 Å². The Bertz CT molecular complexity index is 362. The fourth-order valence-corrected chi connectivity index (χ4v) is 3.43. The average molecular weight is 261 g/mol. The minimum Gasteiger partial charge on any atom is -0.361 e. The normalized spacial score (nSPS) is 23.3. The van der Waals surface area contributed by atoms with Crippen LogP contribution in [0.2, 0.25) is 4.34 Å². The third-order valence-electron chi connectivity index (χ3n) is 2.25. The zero-order valence-electron chi connectivity index (χ0n) is 8.50. The van der Waals surface area contributed by atoms with Crippen LogP contribution in [-0.4, -0.2) is 17.0 Å². The lowest BCUT2D eigenvalue weighted by atomic mass is 10.3. The summed E-state index contributed by atoms with van der Waals surface area (Å²) >= 11 is 9.26. The van der Waals surface area contributed by atoms with Crippen LogP contribution in [0.1, 0.15) is 18.2 Å². The van der Waals surface area contributed by atoms with Crippen molar-refractivity contribution in [2.45, 2.75) is 25.9 Å². The van der Waals surface area contributed by atoms with Gasteiger partial charge in [0.1, 0.15) is 0 Å². The van der Waals surface area contributed by atoms with Gasteiger partial charge in [0.25, 0.3) is 0 Å². The van der Waals surface area contributed by atoms with E-state index in [1.165, 1.54) is 4.88 Å². The smallest absolute Gasteiger partial charge is 0.157 e. The lowest BCUT2D eigenvalue weighted by Gasteiger charge is -2.04. The minimum absolute atomic E-state index is 0.598. The Morgan fingerprint density at radius 3 is 3.07 bits per heavy atom. The number of halogens is 1. The average Bonchev–Trinajstić information content (AvgIpc) is 2.83. The Labute approximate surface area is 103 Å². The van der Waals surface area contributed by atoms with Crippen molar-refractivity contribution in [1.29, 1.82) is 0 Å². The van der Waals surface area contributed by atoms with E-state index in [9.17, 15) is 0 Å². The number of hydrogen-bond donors (Lipinski definition) is 1. The second kappa shape index (κ2) is 5.23. The quantitative estimate of drug-likeness (QED) is 0.901. The van der Waals surface area contributed by atoms with Gasteiger partial charge in [0.15, 0.2) is 5.17 Å². The summed E-state index contributed by atoms with van der Waals surface area (Å²) in [6.45, 7) is 2.93. The maximum absolute atomic E-state index is 5.85. The Morgan fingerprint density at radius 2 is 2.47 bits per heavy atom. The van der Waals surface area contributed by atoms with E-state index in [2.05, 4.69) is 17.2 Å². The van der Waals surface area contributed by atoms with Crippen molar-refractivity contribution >= 4 is 39.9 Å². The highest BCUT2D eigenvalue weighted by Crippen LogP contribution is 2.23. The molecule has 1 aliphatic heterocycles. The molecule has 15 heavy (non-hydrogen) atoms. The molecule has 0 saturated carbocycles. The van der Waals surface area contributed by atoms with Gasteiger partial charge in [-0.1, -0.05) is 30.3 Å². The second-order valence-corrected chi connectivity index (χ2v) is 6.20. The number of rotatable bonds is 3. The molecular weight excluding hydrogens is 248 g/mol. The molecule has 0 aliphatic carbocycles. The van der Waals surface area contributed by atoms with Crippen LogP contribution in [0, 0.1) is 0 Å². The van der Waals surface area contributed by atoms with E-state index in [0.717, 1.165) is 28.2 Å². The van der Waals surface area contributed by atoms with Gasteiger partial charge >= 0.3 is 0 Å². The van der Waals surface area contributed by atoms with Crippen molar-refractivity contribution < 1.29 is 0 Å². The van der Waals surface area contributed by atoms with E-state index in [4.69, 9.17) is 11.6 Å². The van der Waals surface area contributed by atoms with Crippen LogP contribution < -0.4 is 5.32 Å². The van der Waals surface area contributed by atoms with Crippen molar-refractivity contribution in [2.24, 2.45) is 4.99 Å². The zero-order chi connectivity index (χ0) is 10.7. The Morgan fingerprint density at radius 1 is 1.60 bits per heavy atom. The highest BCUT2D eigenvalue weighted by atomic mass is 35.5. The van der Waals surface area contributed by atoms with Gasteiger partial charge in [0.05, 0.1) is 10.9 Å². The molecule has 0 spiro atoms. The molecule has 5 heteroatoms. The van der Waals surface area contributed by atoms with Crippen molar-refractivity contribution in [3.8, 4) is 0 Å². The maximum atomic E-state index is 5.85. The summed E-state index contributed by atoms with van der Waals surface area (Å²) in [4.78, 5) is 5.74. The highest BCUT2D eigenvalue weighted by Gasteiger charge is 2.17. The second-order valence-electron chi connectivity index (χ2n) is 3.39. The van der Waals surface area contributed by atoms with Crippen molar-refractivity contribution in [3.63, 3.8) is 0 Å². The Hall–Kier alpha value is -0.190. The number of amidine groups is 1. The van der Waals surface area contributed by atoms with Gasteiger partial charge in [-0.25, -0.2) is 0 Å². The van der Waals surface area contributed by atoms with E-state index in [1.807, 2.05) is 23.9 Å². The first-order valence-electron chi connectivity index (χ1n) is 4.96. The third kappa shape index (κ3) is 3.13. The topological polar surface area (TPSA) is 24.4 Å². The first-order chi connectivity index (χ1) is 7.28. The number of nitrogens with one attached hydrogen (secondary N) is 1. The first-order valence-corrected chi connectivity index (χ1v) is 7.14.